The monoisotopic (exact) mass is 317 g/mol. The van der Waals surface area contributed by atoms with Crippen LogP contribution < -0.4 is 10.0 Å². The van der Waals surface area contributed by atoms with E-state index in [2.05, 4.69) is 17.0 Å². The van der Waals surface area contributed by atoms with Crippen LogP contribution in [0.5, 0.6) is 0 Å². The first-order valence-electron chi connectivity index (χ1n) is 7.12. The molecule has 5 nitrogen and oxygen atoms in total. The maximum absolute atomic E-state index is 13.4. The van der Waals surface area contributed by atoms with E-state index in [1.807, 2.05) is 0 Å². The first kappa shape index (κ1) is 18.0. The van der Waals surface area contributed by atoms with Crippen molar-refractivity contribution in [2.24, 2.45) is 0 Å². The van der Waals surface area contributed by atoms with Gasteiger partial charge in [0, 0.05) is 25.7 Å². The topological polar surface area (TPSA) is 61.4 Å². The summed E-state index contributed by atoms with van der Waals surface area (Å²) in [5, 5.41) is 3.22. The predicted octanol–water partition coefficient (Wildman–Crippen LogP) is 1.48. The molecule has 7 heteroatoms. The lowest BCUT2D eigenvalue weighted by atomic mass is 10.2. The summed E-state index contributed by atoms with van der Waals surface area (Å²) in [6.45, 7) is 4.16. The Bertz CT molecular complexity index is 523. The number of benzene rings is 1. The molecule has 0 aliphatic rings. The Labute approximate surface area is 126 Å². The molecule has 0 fully saturated rings. The number of hydrogen-bond acceptors (Lipinski definition) is 3. The summed E-state index contributed by atoms with van der Waals surface area (Å²) in [5.41, 5.74) is 0.332. The van der Waals surface area contributed by atoms with Crippen LogP contribution in [0.1, 0.15) is 25.3 Å². The van der Waals surface area contributed by atoms with E-state index in [0.717, 1.165) is 25.9 Å². The summed E-state index contributed by atoms with van der Waals surface area (Å²) in [6.07, 6.45) is 1.79. The van der Waals surface area contributed by atoms with Gasteiger partial charge in [0.2, 0.25) is 0 Å². The first-order chi connectivity index (χ1) is 9.97. The van der Waals surface area contributed by atoms with E-state index in [9.17, 15) is 12.8 Å². The average molecular weight is 317 g/mol. The van der Waals surface area contributed by atoms with Crippen LogP contribution in [0.2, 0.25) is 0 Å². The van der Waals surface area contributed by atoms with Crippen LogP contribution >= 0.6 is 0 Å². The van der Waals surface area contributed by atoms with E-state index in [0.29, 0.717) is 12.1 Å². The Morgan fingerprint density at radius 2 is 1.95 bits per heavy atom. The molecular weight excluding hydrogens is 293 g/mol. The lowest BCUT2D eigenvalue weighted by Crippen LogP contribution is -2.39. The number of nitrogens with zero attached hydrogens (tertiary/aromatic N) is 1. The zero-order chi connectivity index (χ0) is 15.7. The molecule has 21 heavy (non-hydrogen) atoms. The Balaban J connectivity index is 2.40. The van der Waals surface area contributed by atoms with E-state index >= 15 is 0 Å². The molecule has 0 atom stereocenters. The van der Waals surface area contributed by atoms with Gasteiger partial charge >= 0.3 is 0 Å². The Hall–Kier alpha value is -1.02. The maximum Gasteiger partial charge on any atom is 0.279 e. The highest BCUT2D eigenvalue weighted by atomic mass is 32.2. The molecule has 120 valence electrons. The smallest absolute Gasteiger partial charge is 0.279 e. The summed E-state index contributed by atoms with van der Waals surface area (Å²) in [6, 6.07) is 6.12. The van der Waals surface area contributed by atoms with Crippen LogP contribution in [0.4, 0.5) is 4.39 Å². The van der Waals surface area contributed by atoms with Crippen molar-refractivity contribution in [1.82, 2.24) is 14.3 Å². The number of nitrogens with one attached hydrogen (secondary N) is 2. The number of hydrogen-bond donors (Lipinski definition) is 2. The molecule has 2 N–H and O–H groups in total. The fraction of sp³-hybridized carbons (Fsp3) is 0.571. The van der Waals surface area contributed by atoms with Gasteiger partial charge in [-0.1, -0.05) is 25.1 Å². The normalized spacial score (nSPS) is 12.0. The number of halogens is 1. The van der Waals surface area contributed by atoms with Crippen molar-refractivity contribution in [1.29, 1.82) is 0 Å². The summed E-state index contributed by atoms with van der Waals surface area (Å²) in [5.74, 6) is -0.411. The van der Waals surface area contributed by atoms with E-state index in [1.54, 1.807) is 18.2 Å². The third-order valence-corrected chi connectivity index (χ3v) is 4.58. The van der Waals surface area contributed by atoms with E-state index in [-0.39, 0.29) is 6.54 Å². The molecule has 0 unspecified atom stereocenters. The highest BCUT2D eigenvalue weighted by Crippen LogP contribution is 2.07. The lowest BCUT2D eigenvalue weighted by Gasteiger charge is -2.18. The fourth-order valence-electron chi connectivity index (χ4n) is 1.77. The molecule has 0 aliphatic heterocycles. The Morgan fingerprint density at radius 3 is 2.62 bits per heavy atom. The zero-order valence-electron chi connectivity index (χ0n) is 12.6. The van der Waals surface area contributed by atoms with E-state index in [1.165, 1.54) is 17.4 Å². The van der Waals surface area contributed by atoms with Gasteiger partial charge in [0.1, 0.15) is 5.82 Å². The highest BCUT2D eigenvalue weighted by molar-refractivity contribution is 7.87. The van der Waals surface area contributed by atoms with Crippen molar-refractivity contribution in [3.63, 3.8) is 0 Å². The van der Waals surface area contributed by atoms with Crippen LogP contribution in [0.3, 0.4) is 0 Å². The van der Waals surface area contributed by atoms with Crippen LogP contribution in [0, 0.1) is 5.82 Å². The van der Waals surface area contributed by atoms with Crippen molar-refractivity contribution < 1.29 is 12.8 Å². The second-order valence-electron chi connectivity index (χ2n) is 4.84. The molecular formula is C14H24FN3O2S. The van der Waals surface area contributed by atoms with Gasteiger partial charge in [0.15, 0.2) is 0 Å². The minimum Gasteiger partial charge on any atom is -0.317 e. The van der Waals surface area contributed by atoms with Crippen LogP contribution in [-0.2, 0) is 16.8 Å². The molecule has 0 heterocycles. The predicted molar refractivity (Wildman–Crippen MR) is 82.6 cm³/mol. The van der Waals surface area contributed by atoms with E-state index < -0.39 is 16.0 Å². The summed E-state index contributed by atoms with van der Waals surface area (Å²) >= 11 is 0. The SMILES string of the molecule is CCCNCCCN(C)S(=O)(=O)NCc1ccccc1F. The van der Waals surface area contributed by atoms with Crippen LogP contribution in [-0.4, -0.2) is 39.4 Å². The van der Waals surface area contributed by atoms with Crippen LogP contribution in [0.15, 0.2) is 24.3 Å². The standard InChI is InChI=1S/C14H24FN3O2S/c1-3-9-16-10-6-11-18(2)21(19,20)17-12-13-7-4-5-8-14(13)15/h4-5,7-8,16-17H,3,6,9-12H2,1-2H3. The van der Waals surface area contributed by atoms with Crippen molar-refractivity contribution in [3.8, 4) is 0 Å². The van der Waals surface area contributed by atoms with Crippen molar-refractivity contribution in [2.75, 3.05) is 26.7 Å². The van der Waals surface area contributed by atoms with Gasteiger partial charge in [-0.3, -0.25) is 0 Å². The number of rotatable bonds is 10. The third-order valence-electron chi connectivity index (χ3n) is 3.07. The molecule has 0 radical (unpaired) electrons. The van der Waals surface area contributed by atoms with Gasteiger partial charge in [-0.25, -0.2) is 4.39 Å². The molecule has 1 rings (SSSR count). The largest absolute Gasteiger partial charge is 0.317 e. The van der Waals surface area contributed by atoms with Gasteiger partial charge in [-0.2, -0.15) is 17.4 Å². The first-order valence-corrected chi connectivity index (χ1v) is 8.56. The molecule has 0 saturated carbocycles. The van der Waals surface area contributed by atoms with Crippen molar-refractivity contribution >= 4 is 10.2 Å². The van der Waals surface area contributed by atoms with Crippen molar-refractivity contribution in [3.05, 3.63) is 35.6 Å². The summed E-state index contributed by atoms with van der Waals surface area (Å²) in [7, 11) is -2.06. The average Bonchev–Trinajstić information content (AvgIpc) is 2.46. The highest BCUT2D eigenvalue weighted by Gasteiger charge is 2.17. The lowest BCUT2D eigenvalue weighted by molar-refractivity contribution is 0.443. The van der Waals surface area contributed by atoms with Gasteiger partial charge in [-0.05, 0) is 32.0 Å². The summed E-state index contributed by atoms with van der Waals surface area (Å²) in [4.78, 5) is 0. The minimum absolute atomic E-state index is 0.0482. The molecule has 0 aliphatic carbocycles. The van der Waals surface area contributed by atoms with E-state index in [4.69, 9.17) is 0 Å². The molecule has 0 aromatic heterocycles. The minimum atomic E-state index is -3.58. The van der Waals surface area contributed by atoms with Gasteiger partial charge in [0.05, 0.1) is 0 Å². The second-order valence-corrected chi connectivity index (χ2v) is 6.70. The fourth-order valence-corrected chi connectivity index (χ4v) is 2.70. The Morgan fingerprint density at radius 1 is 1.24 bits per heavy atom. The Kier molecular flexibility index (Phi) is 7.81. The zero-order valence-corrected chi connectivity index (χ0v) is 13.4. The molecule has 0 amide bonds. The van der Waals surface area contributed by atoms with Crippen LogP contribution in [0.25, 0.3) is 0 Å². The second kappa shape index (κ2) is 9.09. The van der Waals surface area contributed by atoms with Gasteiger partial charge < -0.3 is 5.32 Å². The maximum atomic E-state index is 13.4. The van der Waals surface area contributed by atoms with Gasteiger partial charge in [0.25, 0.3) is 10.2 Å². The third kappa shape index (κ3) is 6.52. The van der Waals surface area contributed by atoms with Gasteiger partial charge in [-0.15, -0.1) is 0 Å². The summed E-state index contributed by atoms with van der Waals surface area (Å²) < 4.78 is 41.1. The molecule has 0 bridgehead atoms. The molecule has 1 aromatic carbocycles. The van der Waals surface area contributed by atoms with Crippen molar-refractivity contribution in [2.45, 2.75) is 26.3 Å². The molecule has 0 spiro atoms. The quantitative estimate of drug-likeness (QED) is 0.643. The molecule has 1 aromatic rings. The molecule has 0 saturated heterocycles.